The summed E-state index contributed by atoms with van der Waals surface area (Å²) in [5.74, 6) is -1.25. The maximum absolute atomic E-state index is 13.5. The molecule has 0 bridgehead atoms. The molecule has 4 rings (SSSR count). The fourth-order valence-corrected chi connectivity index (χ4v) is 3.15. The van der Waals surface area contributed by atoms with Gasteiger partial charge in [-0.05, 0) is 37.3 Å². The van der Waals surface area contributed by atoms with E-state index < -0.39 is 17.7 Å². The van der Waals surface area contributed by atoms with Crippen molar-refractivity contribution < 1.29 is 23.1 Å². The fourth-order valence-electron chi connectivity index (χ4n) is 3.15. The predicted molar refractivity (Wildman–Crippen MR) is 98.8 cm³/mol. The number of pyridine rings is 2. The largest absolute Gasteiger partial charge is 0.476 e. The van der Waals surface area contributed by atoms with E-state index >= 15 is 0 Å². The molecule has 3 heterocycles. The van der Waals surface area contributed by atoms with Gasteiger partial charge in [-0.1, -0.05) is 12.1 Å². The second-order valence-electron chi connectivity index (χ2n) is 6.36. The molecular formula is C20H13F3N4O2. The minimum Gasteiger partial charge on any atom is -0.476 e. The summed E-state index contributed by atoms with van der Waals surface area (Å²) >= 11 is 0. The molecule has 0 aliphatic carbocycles. The molecule has 29 heavy (non-hydrogen) atoms. The fraction of sp³-hybridized carbons (Fsp3) is 0.100. The van der Waals surface area contributed by atoms with Crippen LogP contribution in [-0.4, -0.2) is 30.8 Å². The Labute approximate surface area is 162 Å². The smallest absolute Gasteiger partial charge is 0.418 e. The summed E-state index contributed by atoms with van der Waals surface area (Å²) < 4.78 is 41.8. The van der Waals surface area contributed by atoms with Gasteiger partial charge in [0.05, 0.1) is 22.5 Å². The van der Waals surface area contributed by atoms with E-state index in [1.54, 1.807) is 31.3 Å². The Kier molecular flexibility index (Phi) is 4.30. The van der Waals surface area contributed by atoms with Crippen LogP contribution >= 0.6 is 0 Å². The number of carboxylic acid groups (broad SMARTS) is 1. The van der Waals surface area contributed by atoms with E-state index in [9.17, 15) is 23.1 Å². The van der Waals surface area contributed by atoms with Crippen LogP contribution in [0.2, 0.25) is 0 Å². The van der Waals surface area contributed by atoms with Crippen molar-refractivity contribution in [2.45, 2.75) is 13.1 Å². The molecule has 0 radical (unpaired) electrons. The van der Waals surface area contributed by atoms with Crippen molar-refractivity contribution in [3.8, 4) is 16.9 Å². The monoisotopic (exact) mass is 398 g/mol. The number of carboxylic acids is 1. The van der Waals surface area contributed by atoms with E-state index in [-0.39, 0.29) is 16.6 Å². The number of fused-ring (bicyclic) bond motifs is 1. The highest BCUT2D eigenvalue weighted by Gasteiger charge is 2.33. The quantitative estimate of drug-likeness (QED) is 0.549. The van der Waals surface area contributed by atoms with Crippen molar-refractivity contribution in [2.75, 3.05) is 0 Å². The number of carbonyl (C=O) groups is 1. The number of benzene rings is 1. The molecule has 3 aromatic heterocycles. The van der Waals surface area contributed by atoms with Crippen LogP contribution < -0.4 is 0 Å². The zero-order valence-electron chi connectivity index (χ0n) is 15.0. The van der Waals surface area contributed by atoms with Gasteiger partial charge < -0.3 is 5.11 Å². The third-order valence-electron chi connectivity index (χ3n) is 4.37. The lowest BCUT2D eigenvalue weighted by Gasteiger charge is -2.15. The standard InChI is InChI=1S/C20H13F3N4O2/c1-11-8-17(13-5-2-6-14(18(13)25-11)20(21,22)23)27-16(9-15(26-27)19(28)29)12-4-3-7-24-10-12/h2-10H,1H3,(H,28,29). The van der Waals surface area contributed by atoms with Crippen molar-refractivity contribution in [3.63, 3.8) is 0 Å². The van der Waals surface area contributed by atoms with Crippen molar-refractivity contribution in [3.05, 3.63) is 71.8 Å². The second kappa shape index (κ2) is 6.69. The predicted octanol–water partition coefficient (Wildman–Crippen LogP) is 4.51. The molecule has 0 aliphatic rings. The average Bonchev–Trinajstić information content (AvgIpc) is 3.12. The van der Waals surface area contributed by atoms with E-state index in [4.69, 9.17) is 0 Å². The summed E-state index contributed by atoms with van der Waals surface area (Å²) in [5.41, 5.74) is 0.270. The Balaban J connectivity index is 2.07. The zero-order valence-corrected chi connectivity index (χ0v) is 15.0. The summed E-state index contributed by atoms with van der Waals surface area (Å²) in [5, 5.41) is 13.7. The second-order valence-corrected chi connectivity index (χ2v) is 6.36. The Morgan fingerprint density at radius 3 is 2.59 bits per heavy atom. The molecule has 0 aliphatic heterocycles. The molecule has 0 spiro atoms. The Bertz CT molecular complexity index is 1230. The van der Waals surface area contributed by atoms with Gasteiger partial charge in [0.1, 0.15) is 0 Å². The molecule has 6 nitrogen and oxygen atoms in total. The molecule has 0 unspecified atom stereocenters. The number of alkyl halides is 3. The molecule has 4 aromatic rings. The third-order valence-corrected chi connectivity index (χ3v) is 4.37. The molecule has 0 amide bonds. The number of rotatable bonds is 3. The molecule has 9 heteroatoms. The van der Waals surface area contributed by atoms with Gasteiger partial charge in [-0.15, -0.1) is 0 Å². The lowest BCUT2D eigenvalue weighted by Crippen LogP contribution is -2.09. The van der Waals surface area contributed by atoms with E-state index in [0.29, 0.717) is 22.6 Å². The van der Waals surface area contributed by atoms with Crippen molar-refractivity contribution in [1.82, 2.24) is 19.7 Å². The van der Waals surface area contributed by atoms with E-state index in [1.165, 1.54) is 29.1 Å². The summed E-state index contributed by atoms with van der Waals surface area (Å²) in [6, 6.07) is 10.1. The maximum Gasteiger partial charge on any atom is 0.418 e. The number of nitrogens with zero attached hydrogens (tertiary/aromatic N) is 4. The number of halogens is 3. The highest BCUT2D eigenvalue weighted by Crippen LogP contribution is 2.36. The van der Waals surface area contributed by atoms with Crippen LogP contribution in [0.5, 0.6) is 0 Å². The molecule has 146 valence electrons. The lowest BCUT2D eigenvalue weighted by atomic mass is 10.1. The lowest BCUT2D eigenvalue weighted by molar-refractivity contribution is -0.136. The topological polar surface area (TPSA) is 80.9 Å². The van der Waals surface area contributed by atoms with E-state index in [2.05, 4.69) is 15.1 Å². The molecule has 0 atom stereocenters. The molecular weight excluding hydrogens is 385 g/mol. The van der Waals surface area contributed by atoms with Crippen LogP contribution in [0.4, 0.5) is 13.2 Å². The first-order valence-electron chi connectivity index (χ1n) is 8.47. The number of hydrogen-bond acceptors (Lipinski definition) is 4. The van der Waals surface area contributed by atoms with Crippen LogP contribution in [0.3, 0.4) is 0 Å². The average molecular weight is 398 g/mol. The van der Waals surface area contributed by atoms with Crippen LogP contribution in [-0.2, 0) is 6.18 Å². The minimum absolute atomic E-state index is 0.204. The highest BCUT2D eigenvalue weighted by molar-refractivity contribution is 5.92. The molecule has 1 N–H and O–H groups in total. The SMILES string of the molecule is Cc1cc(-n2nc(C(=O)O)cc2-c2cccnc2)c2cccc(C(F)(F)F)c2n1. The van der Waals surface area contributed by atoms with Crippen molar-refractivity contribution in [2.24, 2.45) is 0 Å². The Morgan fingerprint density at radius 1 is 1.14 bits per heavy atom. The highest BCUT2D eigenvalue weighted by atomic mass is 19.4. The number of aromatic carboxylic acids is 1. The Hall–Kier alpha value is -3.75. The van der Waals surface area contributed by atoms with Gasteiger partial charge in [-0.3, -0.25) is 9.97 Å². The number of aromatic nitrogens is 4. The van der Waals surface area contributed by atoms with Gasteiger partial charge in [0.2, 0.25) is 0 Å². The first kappa shape index (κ1) is 18.6. The van der Waals surface area contributed by atoms with Crippen molar-refractivity contribution in [1.29, 1.82) is 0 Å². The van der Waals surface area contributed by atoms with Gasteiger partial charge >= 0.3 is 12.1 Å². The summed E-state index contributed by atoms with van der Waals surface area (Å²) in [6.45, 7) is 1.57. The number of para-hydroxylation sites is 1. The molecule has 0 saturated heterocycles. The van der Waals surface area contributed by atoms with Crippen LogP contribution in [0.1, 0.15) is 21.7 Å². The van der Waals surface area contributed by atoms with Gasteiger partial charge in [0, 0.05) is 29.0 Å². The normalized spacial score (nSPS) is 11.7. The maximum atomic E-state index is 13.5. The summed E-state index contributed by atoms with van der Waals surface area (Å²) in [4.78, 5) is 19.6. The number of hydrogen-bond donors (Lipinski definition) is 1. The summed E-state index contributed by atoms with van der Waals surface area (Å²) in [6.07, 6.45) is -1.50. The minimum atomic E-state index is -4.58. The first-order chi connectivity index (χ1) is 13.8. The molecule has 1 aromatic carbocycles. The van der Waals surface area contributed by atoms with Gasteiger partial charge in [0.15, 0.2) is 5.69 Å². The first-order valence-corrected chi connectivity index (χ1v) is 8.47. The zero-order chi connectivity index (χ0) is 20.8. The van der Waals surface area contributed by atoms with E-state index in [0.717, 1.165) is 6.07 Å². The third kappa shape index (κ3) is 3.31. The van der Waals surface area contributed by atoms with Gasteiger partial charge in [-0.2, -0.15) is 18.3 Å². The number of aryl methyl sites for hydroxylation is 1. The van der Waals surface area contributed by atoms with Crippen LogP contribution in [0.25, 0.3) is 27.8 Å². The van der Waals surface area contributed by atoms with E-state index in [1.807, 2.05) is 0 Å². The molecule has 0 saturated carbocycles. The van der Waals surface area contributed by atoms with Gasteiger partial charge in [-0.25, -0.2) is 9.48 Å². The van der Waals surface area contributed by atoms with Crippen LogP contribution in [0.15, 0.2) is 54.9 Å². The van der Waals surface area contributed by atoms with Crippen molar-refractivity contribution >= 4 is 16.9 Å². The van der Waals surface area contributed by atoms with Crippen LogP contribution in [0, 0.1) is 6.92 Å². The van der Waals surface area contributed by atoms with Gasteiger partial charge in [0.25, 0.3) is 0 Å². The summed E-state index contributed by atoms with van der Waals surface area (Å²) in [7, 11) is 0. The Morgan fingerprint density at radius 2 is 1.93 bits per heavy atom. The molecule has 0 fully saturated rings.